The van der Waals surface area contributed by atoms with Gasteiger partial charge in [0.15, 0.2) is 0 Å². The van der Waals surface area contributed by atoms with Crippen LogP contribution in [0.3, 0.4) is 0 Å². The van der Waals surface area contributed by atoms with Crippen molar-refractivity contribution in [2.75, 3.05) is 17.6 Å². The van der Waals surface area contributed by atoms with E-state index in [2.05, 4.69) is 11.9 Å². The van der Waals surface area contributed by atoms with Gasteiger partial charge in [-0.1, -0.05) is 18.2 Å². The second-order valence-corrected chi connectivity index (χ2v) is 5.67. The second-order valence-electron chi connectivity index (χ2n) is 3.61. The molecular formula is C10H14ClN3O2S. The van der Waals surface area contributed by atoms with Crippen LogP contribution in [0.1, 0.15) is 5.56 Å². The first-order valence-electron chi connectivity index (χ1n) is 4.72. The molecule has 5 N–H and O–H groups in total. The van der Waals surface area contributed by atoms with E-state index in [1.165, 1.54) is 6.07 Å². The van der Waals surface area contributed by atoms with Crippen molar-refractivity contribution in [3.63, 3.8) is 0 Å². The standard InChI is InChI=1S/C10H14ClN3O2S/c1-6(11)5-14-9-3-8(12)4-10(7(9)2)17(13,15)16/h3-4,14H,1,5,12H2,2H3,(H2,13,15,16). The van der Waals surface area contributed by atoms with Gasteiger partial charge in [-0.2, -0.15) is 0 Å². The van der Waals surface area contributed by atoms with Crippen molar-refractivity contribution >= 4 is 33.0 Å². The van der Waals surface area contributed by atoms with Gasteiger partial charge >= 0.3 is 0 Å². The van der Waals surface area contributed by atoms with Crippen molar-refractivity contribution in [2.45, 2.75) is 11.8 Å². The molecule has 0 fully saturated rings. The van der Waals surface area contributed by atoms with Gasteiger partial charge in [-0.25, -0.2) is 13.6 Å². The number of sulfonamides is 1. The molecule has 0 aromatic heterocycles. The topological polar surface area (TPSA) is 98.2 Å². The van der Waals surface area contributed by atoms with Crippen LogP contribution in [-0.4, -0.2) is 15.0 Å². The highest BCUT2D eigenvalue weighted by molar-refractivity contribution is 7.89. The van der Waals surface area contributed by atoms with Crippen molar-refractivity contribution in [3.8, 4) is 0 Å². The first-order valence-corrected chi connectivity index (χ1v) is 6.64. The molecule has 0 amide bonds. The maximum atomic E-state index is 11.3. The number of nitrogens with one attached hydrogen (secondary N) is 1. The Hall–Kier alpha value is -1.24. The average molecular weight is 276 g/mol. The number of benzene rings is 1. The fourth-order valence-corrected chi connectivity index (χ4v) is 2.28. The number of rotatable bonds is 4. The van der Waals surface area contributed by atoms with Crippen LogP contribution < -0.4 is 16.2 Å². The van der Waals surface area contributed by atoms with Gasteiger partial charge in [-0.15, -0.1) is 0 Å². The fourth-order valence-electron chi connectivity index (χ4n) is 1.38. The van der Waals surface area contributed by atoms with Gasteiger partial charge in [-0.05, 0) is 24.6 Å². The Morgan fingerprint density at radius 2 is 2.12 bits per heavy atom. The van der Waals surface area contributed by atoms with Crippen molar-refractivity contribution in [2.24, 2.45) is 5.14 Å². The van der Waals surface area contributed by atoms with Crippen LogP contribution in [0, 0.1) is 6.92 Å². The quantitative estimate of drug-likeness (QED) is 0.723. The van der Waals surface area contributed by atoms with E-state index >= 15 is 0 Å². The summed E-state index contributed by atoms with van der Waals surface area (Å²) in [5.74, 6) is 0. The van der Waals surface area contributed by atoms with Crippen LogP contribution in [0.2, 0.25) is 0 Å². The van der Waals surface area contributed by atoms with E-state index in [-0.39, 0.29) is 4.90 Å². The third-order valence-electron chi connectivity index (χ3n) is 2.16. The van der Waals surface area contributed by atoms with Gasteiger partial charge in [0.1, 0.15) is 0 Å². The van der Waals surface area contributed by atoms with Crippen LogP contribution in [0.5, 0.6) is 0 Å². The zero-order valence-corrected chi connectivity index (χ0v) is 10.9. The van der Waals surface area contributed by atoms with E-state index < -0.39 is 10.0 Å². The molecule has 0 atom stereocenters. The minimum absolute atomic E-state index is 0.000171. The molecule has 0 heterocycles. The molecule has 0 bridgehead atoms. The maximum absolute atomic E-state index is 11.3. The summed E-state index contributed by atoms with van der Waals surface area (Å²) < 4.78 is 22.7. The monoisotopic (exact) mass is 275 g/mol. The smallest absolute Gasteiger partial charge is 0.238 e. The molecule has 1 rings (SSSR count). The predicted molar refractivity (Wildman–Crippen MR) is 70.4 cm³/mol. The Kier molecular flexibility index (Phi) is 4.03. The van der Waals surface area contributed by atoms with Gasteiger partial charge in [0.25, 0.3) is 0 Å². The van der Waals surface area contributed by atoms with Crippen molar-refractivity contribution in [1.82, 2.24) is 0 Å². The molecule has 1 aromatic carbocycles. The van der Waals surface area contributed by atoms with Crippen LogP contribution in [0.25, 0.3) is 0 Å². The van der Waals surface area contributed by atoms with Crippen LogP contribution >= 0.6 is 11.6 Å². The average Bonchev–Trinajstić information content (AvgIpc) is 2.17. The number of primary sulfonamides is 1. The summed E-state index contributed by atoms with van der Waals surface area (Å²) >= 11 is 5.62. The Labute approximate surface area is 105 Å². The SMILES string of the molecule is C=C(Cl)CNc1cc(N)cc(S(N)(=O)=O)c1C. The Morgan fingerprint density at radius 3 is 2.59 bits per heavy atom. The molecule has 0 unspecified atom stereocenters. The van der Waals surface area contributed by atoms with E-state index in [1.807, 2.05) is 0 Å². The molecule has 0 spiro atoms. The predicted octanol–water partition coefficient (Wildman–Crippen LogP) is 1.39. The summed E-state index contributed by atoms with van der Waals surface area (Å²) in [5.41, 5.74) is 6.99. The number of nitrogen functional groups attached to an aromatic ring is 1. The molecule has 0 saturated heterocycles. The van der Waals surface area contributed by atoms with E-state index in [1.54, 1.807) is 13.0 Å². The van der Waals surface area contributed by atoms with Crippen molar-refractivity contribution < 1.29 is 8.42 Å². The third-order valence-corrected chi connectivity index (χ3v) is 3.33. The van der Waals surface area contributed by atoms with E-state index in [0.717, 1.165) is 0 Å². The number of hydrogen-bond donors (Lipinski definition) is 3. The molecule has 1 aromatic rings. The molecule has 94 valence electrons. The van der Waals surface area contributed by atoms with E-state index in [9.17, 15) is 8.42 Å². The largest absolute Gasteiger partial charge is 0.399 e. The molecule has 17 heavy (non-hydrogen) atoms. The Morgan fingerprint density at radius 1 is 1.53 bits per heavy atom. The first-order chi connectivity index (χ1) is 7.71. The number of nitrogens with two attached hydrogens (primary N) is 2. The molecule has 7 heteroatoms. The highest BCUT2D eigenvalue weighted by Gasteiger charge is 2.15. The molecule has 0 radical (unpaired) electrons. The number of hydrogen-bond acceptors (Lipinski definition) is 4. The summed E-state index contributed by atoms with van der Waals surface area (Å²) in [4.78, 5) is 0.000171. The second kappa shape index (κ2) is 4.95. The van der Waals surface area contributed by atoms with Gasteiger partial charge < -0.3 is 11.1 Å². The number of anilines is 2. The summed E-state index contributed by atoms with van der Waals surface area (Å²) in [6.45, 7) is 5.48. The van der Waals surface area contributed by atoms with Gasteiger partial charge in [-0.3, -0.25) is 0 Å². The summed E-state index contributed by atoms with van der Waals surface area (Å²) in [5, 5.41) is 8.44. The van der Waals surface area contributed by atoms with Gasteiger partial charge in [0.05, 0.1) is 11.4 Å². The first kappa shape index (κ1) is 13.8. The minimum atomic E-state index is -3.79. The summed E-state index contributed by atoms with van der Waals surface area (Å²) in [6.07, 6.45) is 0. The van der Waals surface area contributed by atoms with Crippen molar-refractivity contribution in [3.05, 3.63) is 29.3 Å². The molecule has 0 aliphatic carbocycles. The molecule has 5 nitrogen and oxygen atoms in total. The molecular weight excluding hydrogens is 262 g/mol. The lowest BCUT2D eigenvalue weighted by Gasteiger charge is -2.13. The van der Waals surface area contributed by atoms with E-state index in [4.69, 9.17) is 22.5 Å². The Bertz CT molecular complexity index is 555. The zero-order chi connectivity index (χ0) is 13.2. The summed E-state index contributed by atoms with van der Waals surface area (Å²) in [6, 6.07) is 2.94. The van der Waals surface area contributed by atoms with Gasteiger partial charge in [0.2, 0.25) is 10.0 Å². The highest BCUT2D eigenvalue weighted by Crippen LogP contribution is 2.26. The normalized spacial score (nSPS) is 11.2. The molecule has 0 aliphatic rings. The lowest BCUT2D eigenvalue weighted by molar-refractivity contribution is 0.597. The minimum Gasteiger partial charge on any atom is -0.399 e. The van der Waals surface area contributed by atoms with Crippen LogP contribution in [-0.2, 0) is 10.0 Å². The zero-order valence-electron chi connectivity index (χ0n) is 9.33. The lowest BCUT2D eigenvalue weighted by atomic mass is 10.2. The van der Waals surface area contributed by atoms with Crippen molar-refractivity contribution in [1.29, 1.82) is 0 Å². The summed E-state index contributed by atoms with van der Waals surface area (Å²) in [7, 11) is -3.79. The Balaban J connectivity index is 3.24. The molecule has 0 saturated carbocycles. The number of halogens is 1. The molecule has 0 aliphatic heterocycles. The fraction of sp³-hybridized carbons (Fsp3) is 0.200. The lowest BCUT2D eigenvalue weighted by Crippen LogP contribution is -2.15. The third kappa shape index (κ3) is 3.62. The van der Waals surface area contributed by atoms with Gasteiger partial charge in [0, 0.05) is 16.4 Å². The van der Waals surface area contributed by atoms with Crippen LogP contribution in [0.15, 0.2) is 28.6 Å². The highest BCUT2D eigenvalue weighted by atomic mass is 35.5. The van der Waals surface area contributed by atoms with E-state index in [0.29, 0.717) is 28.5 Å². The maximum Gasteiger partial charge on any atom is 0.238 e. The van der Waals surface area contributed by atoms with Crippen LogP contribution in [0.4, 0.5) is 11.4 Å².